The third kappa shape index (κ3) is 5.06. The Morgan fingerprint density at radius 3 is 2.21 bits per heavy atom. The number of ketones is 1. The van der Waals surface area contributed by atoms with Gasteiger partial charge in [0.25, 0.3) is 0 Å². The van der Waals surface area contributed by atoms with Gasteiger partial charge in [0.2, 0.25) is 5.91 Å². The van der Waals surface area contributed by atoms with E-state index in [4.69, 9.17) is 0 Å². The standard InChI is InChI=1S/C45H65N3O4/c1-28(2)31-18-22-44(27-48-38(50)33-10-9-25-47-33)24-23-43(7)36(45(31,44)37(49)26-46-8)16-15-35-41(5)20-17-32(29-11-13-30(14-12-29)39(51)52)40(3,4)34(41)19-21-42(35,43)6/h11-14,17,31,33-36,46-47H,1,9-10,15-16,18-27H2,2-8H3,(H,48,50)(H,51,52)/t31-,33-,34+,35-,36-,41+,42-,43?,44-,45+/m1/s1. The summed E-state index contributed by atoms with van der Waals surface area (Å²) in [4.78, 5) is 40.4. The molecule has 0 radical (unpaired) electrons. The van der Waals surface area contributed by atoms with Crippen molar-refractivity contribution >= 4 is 23.2 Å². The highest BCUT2D eigenvalue weighted by Crippen LogP contribution is 2.80. The third-order valence-corrected chi connectivity index (χ3v) is 17.3. The third-order valence-electron chi connectivity index (χ3n) is 17.3. The first-order valence-electron chi connectivity index (χ1n) is 20.4. The van der Waals surface area contributed by atoms with Crippen molar-refractivity contribution in [3.63, 3.8) is 0 Å². The van der Waals surface area contributed by atoms with Crippen LogP contribution in [-0.2, 0) is 9.59 Å². The Labute approximate surface area is 312 Å². The van der Waals surface area contributed by atoms with Gasteiger partial charge in [-0.1, -0.05) is 65.0 Å². The van der Waals surface area contributed by atoms with E-state index in [1.54, 1.807) is 12.1 Å². The van der Waals surface area contributed by atoms with E-state index < -0.39 is 11.4 Å². The zero-order valence-corrected chi connectivity index (χ0v) is 33.1. The molecule has 0 spiro atoms. The Hall–Kier alpha value is -2.77. The highest BCUT2D eigenvalue weighted by molar-refractivity contribution is 5.90. The highest BCUT2D eigenvalue weighted by atomic mass is 16.4. The molecule has 7 heteroatoms. The van der Waals surface area contributed by atoms with E-state index in [2.05, 4.69) is 70.1 Å². The second kappa shape index (κ2) is 12.9. The SMILES string of the molecule is C=C(C)[C@H]1CC[C@]2(CNC(=O)[C@H]3CCCN3)CCC3(C)[C@@H](CC[C@@H]4[C@@]5(C)CC=C(c6ccc(C(=O)O)cc6)C(C)(C)[C@@H]5CC[C@]43C)[C@]12C(=O)CNC. The van der Waals surface area contributed by atoms with Crippen molar-refractivity contribution in [3.05, 3.63) is 53.6 Å². The average molecular weight is 712 g/mol. The van der Waals surface area contributed by atoms with Gasteiger partial charge >= 0.3 is 5.97 Å². The molecule has 52 heavy (non-hydrogen) atoms. The van der Waals surface area contributed by atoms with Crippen molar-refractivity contribution in [2.24, 2.45) is 56.2 Å². The molecular weight excluding hydrogens is 647 g/mol. The molecule has 0 aromatic heterocycles. The predicted octanol–water partition coefficient (Wildman–Crippen LogP) is 8.06. The number of hydrogen-bond donors (Lipinski definition) is 4. The monoisotopic (exact) mass is 711 g/mol. The lowest BCUT2D eigenvalue weighted by Crippen LogP contribution is -2.71. The molecule has 5 aliphatic carbocycles. The minimum atomic E-state index is -0.889. The summed E-state index contributed by atoms with van der Waals surface area (Å²) in [5, 5.41) is 19.7. The Balaban J connectivity index is 1.27. The number of carbonyl (C=O) groups excluding carboxylic acids is 2. The summed E-state index contributed by atoms with van der Waals surface area (Å²) in [5.41, 5.74) is 3.15. The number of Topliss-reactive ketones (excluding diaryl/α,β-unsaturated/α-hetero) is 1. The van der Waals surface area contributed by atoms with Crippen LogP contribution in [-0.4, -0.2) is 55.5 Å². The van der Waals surface area contributed by atoms with Gasteiger partial charge < -0.3 is 21.1 Å². The molecule has 6 aliphatic rings. The van der Waals surface area contributed by atoms with E-state index in [0.717, 1.165) is 88.3 Å². The van der Waals surface area contributed by atoms with E-state index >= 15 is 4.79 Å². The molecule has 1 heterocycles. The van der Waals surface area contributed by atoms with Crippen LogP contribution in [0.4, 0.5) is 0 Å². The zero-order valence-electron chi connectivity index (χ0n) is 33.1. The van der Waals surface area contributed by atoms with Gasteiger partial charge in [-0.3, -0.25) is 9.59 Å². The van der Waals surface area contributed by atoms with Crippen LogP contribution in [0.3, 0.4) is 0 Å². The number of hydrogen-bond acceptors (Lipinski definition) is 5. The fourth-order valence-electron chi connectivity index (χ4n) is 14.9. The number of allylic oxidation sites excluding steroid dienone is 3. The van der Waals surface area contributed by atoms with E-state index in [0.29, 0.717) is 36.3 Å². The maximum atomic E-state index is 15.2. The first-order chi connectivity index (χ1) is 24.5. The van der Waals surface area contributed by atoms with Gasteiger partial charge in [-0.05, 0) is 160 Å². The Bertz CT molecular complexity index is 1660. The van der Waals surface area contributed by atoms with E-state index in [1.807, 2.05) is 19.2 Å². The largest absolute Gasteiger partial charge is 0.478 e. The van der Waals surface area contributed by atoms with Gasteiger partial charge in [0, 0.05) is 17.4 Å². The van der Waals surface area contributed by atoms with Crippen molar-refractivity contribution in [2.45, 2.75) is 118 Å². The molecule has 1 saturated heterocycles. The van der Waals surface area contributed by atoms with Crippen molar-refractivity contribution < 1.29 is 19.5 Å². The van der Waals surface area contributed by atoms with Crippen LogP contribution < -0.4 is 16.0 Å². The van der Waals surface area contributed by atoms with Crippen LogP contribution in [0.1, 0.15) is 128 Å². The molecule has 7 nitrogen and oxygen atoms in total. The van der Waals surface area contributed by atoms with Gasteiger partial charge in [0.15, 0.2) is 5.78 Å². The summed E-state index contributed by atoms with van der Waals surface area (Å²) in [5.74, 6) is 0.893. The summed E-state index contributed by atoms with van der Waals surface area (Å²) >= 11 is 0. The minimum absolute atomic E-state index is 0.0351. The normalized spacial score (nSPS) is 41.8. The molecule has 1 aliphatic heterocycles. The average Bonchev–Trinajstić information content (AvgIpc) is 3.76. The number of fused-ring (bicyclic) bond motifs is 7. The van der Waals surface area contributed by atoms with Gasteiger partial charge in [0.1, 0.15) is 0 Å². The Kier molecular flexibility index (Phi) is 9.33. The van der Waals surface area contributed by atoms with Gasteiger partial charge in [-0.2, -0.15) is 0 Å². The number of amides is 1. The van der Waals surface area contributed by atoms with E-state index in [1.165, 1.54) is 5.57 Å². The lowest BCUT2D eigenvalue weighted by Gasteiger charge is -2.74. The van der Waals surface area contributed by atoms with Crippen molar-refractivity contribution in [3.8, 4) is 0 Å². The predicted molar refractivity (Wildman–Crippen MR) is 208 cm³/mol. The van der Waals surface area contributed by atoms with Crippen LogP contribution in [0, 0.1) is 56.2 Å². The van der Waals surface area contributed by atoms with Crippen molar-refractivity contribution in [1.29, 1.82) is 0 Å². The lowest BCUT2D eigenvalue weighted by molar-refractivity contribution is -0.247. The molecule has 7 rings (SSSR count). The lowest BCUT2D eigenvalue weighted by atomic mass is 9.29. The summed E-state index contributed by atoms with van der Waals surface area (Å²) < 4.78 is 0. The van der Waals surface area contributed by atoms with Crippen LogP contribution in [0.5, 0.6) is 0 Å². The number of carbonyl (C=O) groups is 3. The number of carboxylic acids is 1. The molecular formula is C45H65N3O4. The number of rotatable bonds is 9. The number of likely N-dealkylation sites (N-methyl/N-ethyl adjacent to an activating group) is 1. The Morgan fingerprint density at radius 2 is 1.58 bits per heavy atom. The van der Waals surface area contributed by atoms with Crippen LogP contribution in [0.15, 0.2) is 42.5 Å². The molecule has 1 aromatic rings. The topological polar surface area (TPSA) is 108 Å². The first kappa shape index (κ1) is 37.5. The molecule has 0 bridgehead atoms. The van der Waals surface area contributed by atoms with Crippen LogP contribution in [0.25, 0.3) is 5.57 Å². The van der Waals surface area contributed by atoms with Crippen LogP contribution in [0.2, 0.25) is 0 Å². The van der Waals surface area contributed by atoms with E-state index in [-0.39, 0.29) is 50.9 Å². The molecule has 4 saturated carbocycles. The van der Waals surface area contributed by atoms with Gasteiger partial charge in [-0.15, -0.1) is 0 Å². The molecule has 1 amide bonds. The fourth-order valence-corrected chi connectivity index (χ4v) is 14.9. The molecule has 10 atom stereocenters. The second-order valence-electron chi connectivity index (χ2n) is 19.4. The minimum Gasteiger partial charge on any atom is -0.478 e. The van der Waals surface area contributed by atoms with Gasteiger partial charge in [0.05, 0.1) is 18.2 Å². The summed E-state index contributed by atoms with van der Waals surface area (Å²) in [6, 6.07) is 7.36. The quantitative estimate of drug-likeness (QED) is 0.193. The maximum absolute atomic E-state index is 15.2. The summed E-state index contributed by atoms with van der Waals surface area (Å²) in [6.07, 6.45) is 13.8. The number of carboxylic acid groups (broad SMARTS) is 1. The zero-order chi connectivity index (χ0) is 37.5. The number of nitrogens with one attached hydrogen (secondary N) is 3. The molecule has 1 unspecified atom stereocenters. The fraction of sp³-hybridized carbons (Fsp3) is 0.711. The van der Waals surface area contributed by atoms with Gasteiger partial charge in [-0.25, -0.2) is 4.79 Å². The summed E-state index contributed by atoms with van der Waals surface area (Å²) in [7, 11) is 1.91. The maximum Gasteiger partial charge on any atom is 0.335 e. The smallest absolute Gasteiger partial charge is 0.335 e. The van der Waals surface area contributed by atoms with Crippen molar-refractivity contribution in [2.75, 3.05) is 26.7 Å². The molecule has 284 valence electrons. The van der Waals surface area contributed by atoms with Crippen molar-refractivity contribution in [1.82, 2.24) is 16.0 Å². The Morgan fingerprint density at radius 1 is 0.885 bits per heavy atom. The summed E-state index contributed by atoms with van der Waals surface area (Å²) in [6.45, 7) is 21.2. The first-order valence-corrected chi connectivity index (χ1v) is 20.4. The molecule has 4 N–H and O–H groups in total. The number of aromatic carboxylic acids is 1. The second-order valence-corrected chi connectivity index (χ2v) is 19.4. The highest BCUT2D eigenvalue weighted by Gasteiger charge is 2.77. The number of benzene rings is 1. The molecule has 1 aromatic carbocycles. The van der Waals surface area contributed by atoms with E-state index in [9.17, 15) is 14.7 Å². The molecule has 5 fully saturated rings. The van der Waals surface area contributed by atoms with Crippen LogP contribution >= 0.6 is 0 Å².